The summed E-state index contributed by atoms with van der Waals surface area (Å²) >= 11 is 1.48. The molecule has 6 nitrogen and oxygen atoms in total. The Kier molecular flexibility index (Phi) is 4.26. The molecule has 7 heteroatoms. The second-order valence-electron chi connectivity index (χ2n) is 4.61. The van der Waals surface area contributed by atoms with Crippen LogP contribution < -0.4 is 16.6 Å². The summed E-state index contributed by atoms with van der Waals surface area (Å²) < 4.78 is 5.52. The SMILES string of the molecule is CSc1nc(NN)cc(NC2(C)CCCOC2)n1. The molecule has 18 heavy (non-hydrogen) atoms. The first-order chi connectivity index (χ1) is 8.65. The van der Waals surface area contributed by atoms with E-state index in [0.717, 1.165) is 25.3 Å². The van der Waals surface area contributed by atoms with Crippen LogP contribution in [-0.4, -0.2) is 35.0 Å². The van der Waals surface area contributed by atoms with Crippen molar-refractivity contribution in [1.82, 2.24) is 9.97 Å². The summed E-state index contributed by atoms with van der Waals surface area (Å²) in [5.41, 5.74) is 2.48. The van der Waals surface area contributed by atoms with Gasteiger partial charge in [0.05, 0.1) is 12.1 Å². The largest absolute Gasteiger partial charge is 0.379 e. The highest BCUT2D eigenvalue weighted by molar-refractivity contribution is 7.98. The number of nitrogens with one attached hydrogen (secondary N) is 2. The van der Waals surface area contributed by atoms with E-state index in [2.05, 4.69) is 27.6 Å². The van der Waals surface area contributed by atoms with E-state index in [-0.39, 0.29) is 5.54 Å². The third-order valence-electron chi connectivity index (χ3n) is 2.90. The maximum absolute atomic E-state index is 5.52. The van der Waals surface area contributed by atoms with Crippen LogP contribution in [0.15, 0.2) is 11.2 Å². The van der Waals surface area contributed by atoms with E-state index in [1.54, 1.807) is 6.07 Å². The number of hydrogen-bond donors (Lipinski definition) is 3. The maximum Gasteiger partial charge on any atom is 0.191 e. The van der Waals surface area contributed by atoms with Crippen LogP contribution >= 0.6 is 11.8 Å². The fourth-order valence-corrected chi connectivity index (χ4v) is 2.38. The minimum absolute atomic E-state index is 0.0752. The molecule has 0 radical (unpaired) electrons. The molecular weight excluding hydrogens is 250 g/mol. The second-order valence-corrected chi connectivity index (χ2v) is 5.38. The average Bonchev–Trinajstić information content (AvgIpc) is 2.38. The summed E-state index contributed by atoms with van der Waals surface area (Å²) in [6, 6.07) is 1.81. The molecule has 0 aromatic carbocycles. The summed E-state index contributed by atoms with van der Waals surface area (Å²) in [6.07, 6.45) is 4.06. The Morgan fingerprint density at radius 1 is 1.44 bits per heavy atom. The molecule has 0 amide bonds. The van der Waals surface area contributed by atoms with Crippen LogP contribution in [0.2, 0.25) is 0 Å². The molecule has 1 aliphatic heterocycles. The molecule has 4 N–H and O–H groups in total. The molecule has 0 aliphatic carbocycles. The lowest BCUT2D eigenvalue weighted by molar-refractivity contribution is 0.0538. The molecule has 1 saturated heterocycles. The summed E-state index contributed by atoms with van der Waals surface area (Å²) in [6.45, 7) is 3.67. The van der Waals surface area contributed by atoms with Crippen LogP contribution in [0.4, 0.5) is 11.6 Å². The van der Waals surface area contributed by atoms with Gasteiger partial charge in [0.1, 0.15) is 11.6 Å². The minimum atomic E-state index is -0.0752. The van der Waals surface area contributed by atoms with E-state index in [1.165, 1.54) is 11.8 Å². The number of nitrogen functional groups attached to an aromatic ring is 1. The van der Waals surface area contributed by atoms with Gasteiger partial charge in [-0.25, -0.2) is 15.8 Å². The third kappa shape index (κ3) is 3.24. The topological polar surface area (TPSA) is 85.1 Å². The second kappa shape index (κ2) is 5.73. The van der Waals surface area contributed by atoms with E-state index < -0.39 is 0 Å². The number of anilines is 2. The zero-order chi connectivity index (χ0) is 13.0. The Labute approximate surface area is 111 Å². The van der Waals surface area contributed by atoms with Crippen molar-refractivity contribution in [2.75, 3.05) is 30.2 Å². The molecule has 1 aliphatic rings. The Bertz CT molecular complexity index is 386. The van der Waals surface area contributed by atoms with Crippen molar-refractivity contribution in [3.05, 3.63) is 6.07 Å². The Hall–Kier alpha value is -1.05. The van der Waals surface area contributed by atoms with Crippen LogP contribution in [0.25, 0.3) is 0 Å². The number of rotatable bonds is 4. The number of hydrogen-bond acceptors (Lipinski definition) is 7. The lowest BCUT2D eigenvalue weighted by Crippen LogP contribution is -2.43. The van der Waals surface area contributed by atoms with Crippen molar-refractivity contribution >= 4 is 23.4 Å². The molecular formula is C11H19N5OS. The quantitative estimate of drug-likeness (QED) is 0.330. The fourth-order valence-electron chi connectivity index (χ4n) is 2.00. The van der Waals surface area contributed by atoms with Crippen LogP contribution in [-0.2, 0) is 4.74 Å². The highest BCUT2D eigenvalue weighted by Crippen LogP contribution is 2.25. The summed E-state index contributed by atoms with van der Waals surface area (Å²) in [7, 11) is 0. The molecule has 2 rings (SSSR count). The van der Waals surface area contributed by atoms with E-state index in [9.17, 15) is 0 Å². The van der Waals surface area contributed by atoms with Gasteiger partial charge in [-0.15, -0.1) is 0 Å². The van der Waals surface area contributed by atoms with Gasteiger partial charge in [0.25, 0.3) is 0 Å². The molecule has 0 spiro atoms. The van der Waals surface area contributed by atoms with Crippen molar-refractivity contribution in [3.8, 4) is 0 Å². The summed E-state index contributed by atoms with van der Waals surface area (Å²) in [5, 5.41) is 4.11. The first kappa shape index (κ1) is 13.4. The highest BCUT2D eigenvalue weighted by atomic mass is 32.2. The molecule has 1 aromatic rings. The number of nitrogens with zero attached hydrogens (tertiary/aromatic N) is 2. The van der Waals surface area contributed by atoms with E-state index in [4.69, 9.17) is 10.6 Å². The predicted molar refractivity (Wildman–Crippen MR) is 73.7 cm³/mol. The number of nitrogens with two attached hydrogens (primary N) is 1. The molecule has 1 unspecified atom stereocenters. The van der Waals surface area contributed by atoms with Gasteiger partial charge in [-0.05, 0) is 26.0 Å². The maximum atomic E-state index is 5.52. The van der Waals surface area contributed by atoms with Crippen molar-refractivity contribution < 1.29 is 4.74 Å². The number of thioether (sulfide) groups is 1. The zero-order valence-electron chi connectivity index (χ0n) is 10.7. The van der Waals surface area contributed by atoms with E-state index in [1.807, 2.05) is 6.26 Å². The van der Waals surface area contributed by atoms with Gasteiger partial charge >= 0.3 is 0 Å². The van der Waals surface area contributed by atoms with E-state index in [0.29, 0.717) is 17.6 Å². The molecule has 1 aromatic heterocycles. The monoisotopic (exact) mass is 269 g/mol. The number of ether oxygens (including phenoxy) is 1. The number of hydrazine groups is 1. The van der Waals surface area contributed by atoms with Gasteiger partial charge in [0.15, 0.2) is 5.16 Å². The lowest BCUT2D eigenvalue weighted by atomic mass is 9.95. The van der Waals surface area contributed by atoms with Gasteiger partial charge in [-0.1, -0.05) is 11.8 Å². The standard InChI is InChI=1S/C11H19N5OS/c1-11(4-3-5-17-7-11)15-8-6-9(16-12)14-10(13-8)18-2/h6H,3-5,7,12H2,1-2H3,(H2,13,14,15,16). The third-order valence-corrected chi connectivity index (χ3v) is 3.45. The lowest BCUT2D eigenvalue weighted by Gasteiger charge is -2.34. The van der Waals surface area contributed by atoms with Crippen LogP contribution in [0, 0.1) is 0 Å². The Morgan fingerprint density at radius 3 is 2.83 bits per heavy atom. The highest BCUT2D eigenvalue weighted by Gasteiger charge is 2.28. The molecule has 100 valence electrons. The van der Waals surface area contributed by atoms with Gasteiger partial charge in [-0.3, -0.25) is 0 Å². The Morgan fingerprint density at radius 2 is 2.22 bits per heavy atom. The van der Waals surface area contributed by atoms with Crippen molar-refractivity contribution in [2.45, 2.75) is 30.5 Å². The molecule has 0 bridgehead atoms. The van der Waals surface area contributed by atoms with Crippen LogP contribution in [0.1, 0.15) is 19.8 Å². The van der Waals surface area contributed by atoms with Crippen LogP contribution in [0.5, 0.6) is 0 Å². The molecule has 0 saturated carbocycles. The van der Waals surface area contributed by atoms with E-state index >= 15 is 0 Å². The summed E-state index contributed by atoms with van der Waals surface area (Å²) in [4.78, 5) is 8.66. The Balaban J connectivity index is 2.16. The van der Waals surface area contributed by atoms with Crippen molar-refractivity contribution in [2.24, 2.45) is 5.84 Å². The van der Waals surface area contributed by atoms with Crippen LogP contribution in [0.3, 0.4) is 0 Å². The van der Waals surface area contributed by atoms with Crippen molar-refractivity contribution in [1.29, 1.82) is 0 Å². The molecule has 2 heterocycles. The fraction of sp³-hybridized carbons (Fsp3) is 0.636. The molecule has 1 atom stereocenters. The average molecular weight is 269 g/mol. The number of aromatic nitrogens is 2. The first-order valence-corrected chi connectivity index (χ1v) is 7.13. The molecule has 1 fully saturated rings. The summed E-state index contributed by atoms with van der Waals surface area (Å²) in [5.74, 6) is 6.79. The first-order valence-electron chi connectivity index (χ1n) is 5.91. The van der Waals surface area contributed by atoms with Gasteiger partial charge in [0, 0.05) is 12.7 Å². The van der Waals surface area contributed by atoms with Gasteiger partial charge in [-0.2, -0.15) is 0 Å². The predicted octanol–water partition coefficient (Wildman–Crippen LogP) is 1.47. The normalized spacial score (nSPS) is 23.7. The zero-order valence-corrected chi connectivity index (χ0v) is 11.5. The van der Waals surface area contributed by atoms with Gasteiger partial charge < -0.3 is 15.5 Å². The minimum Gasteiger partial charge on any atom is -0.379 e. The smallest absolute Gasteiger partial charge is 0.191 e. The van der Waals surface area contributed by atoms with Crippen molar-refractivity contribution in [3.63, 3.8) is 0 Å². The van der Waals surface area contributed by atoms with Gasteiger partial charge in [0.2, 0.25) is 0 Å².